The third-order valence-corrected chi connectivity index (χ3v) is 2.44. The van der Waals surface area contributed by atoms with Gasteiger partial charge in [-0.2, -0.15) is 9.65 Å². The topological polar surface area (TPSA) is 53.2 Å². The molecule has 86 valence electrons. The second kappa shape index (κ2) is 5.36. The summed E-state index contributed by atoms with van der Waals surface area (Å²) in [6, 6.07) is 3.65. The molecule has 1 rings (SSSR count). The van der Waals surface area contributed by atoms with E-state index in [4.69, 9.17) is 10.00 Å². The lowest BCUT2D eigenvalue weighted by Crippen LogP contribution is -1.98. The lowest BCUT2D eigenvalue weighted by molar-refractivity contribution is 0.358. The number of aromatic hydroxyl groups is 1. The number of rotatable bonds is 4. The smallest absolute Gasteiger partial charge is 0.207 e. The molecule has 0 aliphatic heterocycles. The Morgan fingerprint density at radius 2 is 2.19 bits per heavy atom. The molecule has 0 amide bonds. The first-order valence-corrected chi connectivity index (χ1v) is 5.09. The van der Waals surface area contributed by atoms with Crippen molar-refractivity contribution in [2.75, 3.05) is 7.11 Å². The summed E-state index contributed by atoms with van der Waals surface area (Å²) in [4.78, 5) is 0. The van der Waals surface area contributed by atoms with Gasteiger partial charge in [-0.15, -0.1) is 0 Å². The Morgan fingerprint density at radius 3 is 2.69 bits per heavy atom. The van der Waals surface area contributed by atoms with Gasteiger partial charge in [-0.25, -0.2) is 0 Å². The molecule has 1 aromatic carbocycles. The Bertz CT molecular complexity index is 424. The third-order valence-electron chi connectivity index (χ3n) is 2.44. The standard InChI is InChI=1S/C12H14FNO2/c1-3-8-7-9(5-4-6-14)11(15)10(13)12(8)16-2/h7,15H,3-5H2,1-2H3. The summed E-state index contributed by atoms with van der Waals surface area (Å²) in [6.07, 6.45) is 1.21. The highest BCUT2D eigenvalue weighted by Crippen LogP contribution is 2.34. The first-order chi connectivity index (χ1) is 7.65. The second-order valence-corrected chi connectivity index (χ2v) is 3.40. The maximum Gasteiger partial charge on any atom is 0.207 e. The lowest BCUT2D eigenvalue weighted by Gasteiger charge is -2.12. The van der Waals surface area contributed by atoms with Gasteiger partial charge in [0.15, 0.2) is 11.5 Å². The first kappa shape index (κ1) is 12.3. The minimum absolute atomic E-state index is 0.0840. The minimum atomic E-state index is -0.741. The number of phenolic OH excluding ortho intramolecular Hbond substituents is 1. The van der Waals surface area contributed by atoms with Gasteiger partial charge in [-0.05, 0) is 30.0 Å². The fourth-order valence-electron chi connectivity index (χ4n) is 1.60. The summed E-state index contributed by atoms with van der Waals surface area (Å²) >= 11 is 0. The number of hydrogen-bond acceptors (Lipinski definition) is 3. The highest BCUT2D eigenvalue weighted by molar-refractivity contribution is 5.47. The molecule has 0 heterocycles. The van der Waals surface area contributed by atoms with Crippen LogP contribution >= 0.6 is 0 Å². The molecule has 0 fully saturated rings. The zero-order chi connectivity index (χ0) is 12.1. The quantitative estimate of drug-likeness (QED) is 0.853. The molecule has 0 atom stereocenters. The summed E-state index contributed by atoms with van der Waals surface area (Å²) < 4.78 is 18.6. The predicted molar refractivity (Wildman–Crippen MR) is 57.9 cm³/mol. The molecular formula is C12H14FNO2. The molecule has 16 heavy (non-hydrogen) atoms. The Labute approximate surface area is 94.1 Å². The number of phenols is 1. The molecule has 0 aliphatic carbocycles. The summed E-state index contributed by atoms with van der Waals surface area (Å²) in [7, 11) is 1.37. The Kier molecular flexibility index (Phi) is 4.12. The van der Waals surface area contributed by atoms with E-state index in [1.54, 1.807) is 6.07 Å². The van der Waals surface area contributed by atoms with Crippen LogP contribution < -0.4 is 4.74 Å². The minimum Gasteiger partial charge on any atom is -0.505 e. The molecule has 0 saturated heterocycles. The third kappa shape index (κ3) is 2.25. The van der Waals surface area contributed by atoms with Crippen molar-refractivity contribution in [1.82, 2.24) is 0 Å². The number of methoxy groups -OCH3 is 1. The van der Waals surface area contributed by atoms with E-state index in [1.165, 1.54) is 7.11 Å². The van der Waals surface area contributed by atoms with Crippen LogP contribution in [0.3, 0.4) is 0 Å². The van der Waals surface area contributed by atoms with Crippen LogP contribution in [0.4, 0.5) is 4.39 Å². The normalized spacial score (nSPS) is 9.88. The number of aryl methyl sites for hydroxylation is 2. The molecule has 0 unspecified atom stereocenters. The molecule has 0 aromatic heterocycles. The number of halogens is 1. The molecule has 1 N–H and O–H groups in total. The highest BCUT2D eigenvalue weighted by Gasteiger charge is 2.17. The van der Waals surface area contributed by atoms with Crippen molar-refractivity contribution < 1.29 is 14.2 Å². The van der Waals surface area contributed by atoms with Crippen molar-refractivity contribution in [1.29, 1.82) is 5.26 Å². The maximum atomic E-state index is 13.7. The van der Waals surface area contributed by atoms with Crippen molar-refractivity contribution in [2.24, 2.45) is 0 Å². The van der Waals surface area contributed by atoms with Crippen LogP contribution in [-0.4, -0.2) is 12.2 Å². The van der Waals surface area contributed by atoms with Gasteiger partial charge in [0, 0.05) is 6.42 Å². The van der Waals surface area contributed by atoms with Crippen LogP contribution in [0, 0.1) is 17.1 Å². The van der Waals surface area contributed by atoms with E-state index in [1.807, 2.05) is 13.0 Å². The maximum absolute atomic E-state index is 13.7. The van der Waals surface area contributed by atoms with Crippen LogP contribution in [0.5, 0.6) is 11.5 Å². The zero-order valence-electron chi connectivity index (χ0n) is 9.38. The van der Waals surface area contributed by atoms with E-state index < -0.39 is 11.6 Å². The average Bonchev–Trinajstić information content (AvgIpc) is 2.30. The van der Waals surface area contributed by atoms with Crippen molar-refractivity contribution in [2.45, 2.75) is 26.2 Å². The predicted octanol–water partition coefficient (Wildman–Crippen LogP) is 2.56. The monoisotopic (exact) mass is 223 g/mol. The number of benzene rings is 1. The van der Waals surface area contributed by atoms with Gasteiger partial charge < -0.3 is 9.84 Å². The van der Waals surface area contributed by atoms with Gasteiger partial charge in [-0.3, -0.25) is 0 Å². The van der Waals surface area contributed by atoms with Crippen LogP contribution in [0.15, 0.2) is 6.07 Å². The van der Waals surface area contributed by atoms with Gasteiger partial charge in [0.05, 0.1) is 13.2 Å². The summed E-state index contributed by atoms with van der Waals surface area (Å²) in [5, 5.41) is 18.1. The lowest BCUT2D eigenvalue weighted by atomic mass is 10.0. The molecule has 1 aromatic rings. The number of nitrogens with zero attached hydrogens (tertiary/aromatic N) is 1. The van der Waals surface area contributed by atoms with Crippen molar-refractivity contribution in [3.8, 4) is 17.6 Å². The van der Waals surface area contributed by atoms with Gasteiger partial charge in [0.1, 0.15) is 0 Å². The van der Waals surface area contributed by atoms with E-state index >= 15 is 0 Å². The average molecular weight is 223 g/mol. The van der Waals surface area contributed by atoms with Crippen LogP contribution in [0.2, 0.25) is 0 Å². The SMILES string of the molecule is CCc1cc(CCC#N)c(O)c(F)c1OC. The Balaban J connectivity index is 3.22. The van der Waals surface area contributed by atoms with Gasteiger partial charge in [-0.1, -0.05) is 6.92 Å². The van der Waals surface area contributed by atoms with E-state index in [0.717, 1.165) is 0 Å². The Hall–Kier alpha value is -1.76. The number of hydrogen-bond donors (Lipinski definition) is 1. The summed E-state index contributed by atoms with van der Waals surface area (Å²) in [6.45, 7) is 1.88. The molecule has 0 saturated carbocycles. The second-order valence-electron chi connectivity index (χ2n) is 3.40. The number of nitriles is 1. The largest absolute Gasteiger partial charge is 0.505 e. The molecular weight excluding hydrogens is 209 g/mol. The van der Waals surface area contributed by atoms with Gasteiger partial charge in [0.2, 0.25) is 5.82 Å². The molecule has 4 heteroatoms. The molecule has 0 bridgehead atoms. The molecule has 0 spiro atoms. The van der Waals surface area contributed by atoms with Crippen LogP contribution in [0.25, 0.3) is 0 Å². The van der Waals surface area contributed by atoms with Crippen LogP contribution in [-0.2, 0) is 12.8 Å². The summed E-state index contributed by atoms with van der Waals surface area (Å²) in [5.41, 5.74) is 1.16. The van der Waals surface area contributed by atoms with Crippen molar-refractivity contribution >= 4 is 0 Å². The highest BCUT2D eigenvalue weighted by atomic mass is 19.1. The van der Waals surface area contributed by atoms with E-state index in [0.29, 0.717) is 24.0 Å². The van der Waals surface area contributed by atoms with Crippen LogP contribution in [0.1, 0.15) is 24.5 Å². The van der Waals surface area contributed by atoms with Gasteiger partial charge >= 0.3 is 0 Å². The number of ether oxygens (including phenoxy) is 1. The molecule has 0 radical (unpaired) electrons. The zero-order valence-corrected chi connectivity index (χ0v) is 9.38. The van der Waals surface area contributed by atoms with E-state index in [9.17, 15) is 9.50 Å². The fourth-order valence-corrected chi connectivity index (χ4v) is 1.60. The van der Waals surface area contributed by atoms with E-state index in [-0.39, 0.29) is 12.2 Å². The molecule has 3 nitrogen and oxygen atoms in total. The van der Waals surface area contributed by atoms with Crippen molar-refractivity contribution in [3.63, 3.8) is 0 Å². The fraction of sp³-hybridized carbons (Fsp3) is 0.417. The summed E-state index contributed by atoms with van der Waals surface area (Å²) in [5.74, 6) is -1.07. The Morgan fingerprint density at radius 1 is 1.50 bits per heavy atom. The van der Waals surface area contributed by atoms with E-state index in [2.05, 4.69) is 0 Å². The first-order valence-electron chi connectivity index (χ1n) is 5.09. The van der Waals surface area contributed by atoms with Crippen molar-refractivity contribution in [3.05, 3.63) is 23.0 Å². The van der Waals surface area contributed by atoms with Gasteiger partial charge in [0.25, 0.3) is 0 Å². The molecule has 0 aliphatic rings.